The average molecular weight is 318 g/mol. The Labute approximate surface area is 113 Å². The van der Waals surface area contributed by atoms with E-state index in [-0.39, 0.29) is 18.9 Å². The van der Waals surface area contributed by atoms with Crippen molar-refractivity contribution in [1.29, 1.82) is 0 Å². The number of hydrogen-bond acceptors (Lipinski definition) is 3. The largest absolute Gasteiger partial charge is 0.468 e. The molecule has 1 amide bonds. The van der Waals surface area contributed by atoms with Gasteiger partial charge in [0.1, 0.15) is 10.6 Å². The van der Waals surface area contributed by atoms with Gasteiger partial charge in [-0.05, 0) is 11.6 Å². The normalized spacial score (nSPS) is 11.7. The second-order valence-corrected chi connectivity index (χ2v) is 4.67. The predicted molar refractivity (Wildman–Crippen MR) is 67.8 cm³/mol. The van der Waals surface area contributed by atoms with Crippen LogP contribution in [0, 0.1) is 5.82 Å². The second kappa shape index (κ2) is 7.10. The highest BCUT2D eigenvalue weighted by atomic mass is 79.9. The van der Waals surface area contributed by atoms with E-state index in [1.165, 1.54) is 13.2 Å². The molecule has 0 heterocycles. The van der Waals surface area contributed by atoms with Crippen LogP contribution in [-0.2, 0) is 20.7 Å². The molecule has 6 heteroatoms. The lowest BCUT2D eigenvalue weighted by Gasteiger charge is -2.09. The number of amides is 1. The molecule has 1 aromatic rings. The summed E-state index contributed by atoms with van der Waals surface area (Å²) >= 11 is 3.07. The number of methoxy groups -OCH3 is 1. The standard InChI is InChI=1S/C12H13BrFNO3/c1-18-12(17)9(13)7-15-11(16)6-8-4-2-3-5-10(8)14/h2-5,9H,6-7H2,1H3,(H,15,16). The summed E-state index contributed by atoms with van der Waals surface area (Å²) in [7, 11) is 1.26. The third-order valence-electron chi connectivity index (χ3n) is 2.24. The first-order chi connectivity index (χ1) is 8.54. The summed E-state index contributed by atoms with van der Waals surface area (Å²) in [6.45, 7) is 0.0972. The summed E-state index contributed by atoms with van der Waals surface area (Å²) in [6, 6.07) is 6.06. The molecule has 1 N–H and O–H groups in total. The first-order valence-electron chi connectivity index (χ1n) is 5.26. The molecular formula is C12H13BrFNO3. The second-order valence-electron chi connectivity index (χ2n) is 3.56. The molecule has 1 aromatic carbocycles. The number of nitrogens with one attached hydrogen (secondary N) is 1. The van der Waals surface area contributed by atoms with Gasteiger partial charge in [-0.1, -0.05) is 34.1 Å². The van der Waals surface area contributed by atoms with Crippen LogP contribution in [-0.4, -0.2) is 30.4 Å². The lowest BCUT2D eigenvalue weighted by Crippen LogP contribution is -2.34. The molecule has 0 aliphatic carbocycles. The first-order valence-corrected chi connectivity index (χ1v) is 6.18. The van der Waals surface area contributed by atoms with Crippen LogP contribution in [0.25, 0.3) is 0 Å². The van der Waals surface area contributed by atoms with E-state index >= 15 is 0 Å². The number of alkyl halides is 1. The van der Waals surface area contributed by atoms with Gasteiger partial charge >= 0.3 is 5.97 Å². The van der Waals surface area contributed by atoms with Gasteiger partial charge in [0.25, 0.3) is 0 Å². The quantitative estimate of drug-likeness (QED) is 0.660. The molecule has 98 valence electrons. The van der Waals surface area contributed by atoms with Crippen LogP contribution in [0.1, 0.15) is 5.56 Å². The molecular weight excluding hydrogens is 305 g/mol. The summed E-state index contributed by atoms with van der Waals surface area (Å²) in [5.74, 6) is -1.24. The zero-order chi connectivity index (χ0) is 13.5. The monoisotopic (exact) mass is 317 g/mol. The Balaban J connectivity index is 2.43. The van der Waals surface area contributed by atoms with Crippen LogP contribution >= 0.6 is 15.9 Å². The number of carbonyl (C=O) groups excluding carboxylic acids is 2. The Morgan fingerprint density at radius 2 is 2.11 bits per heavy atom. The van der Waals surface area contributed by atoms with E-state index in [2.05, 4.69) is 26.0 Å². The first kappa shape index (κ1) is 14.6. The molecule has 0 bridgehead atoms. The van der Waals surface area contributed by atoms with Gasteiger partial charge in [0.15, 0.2) is 0 Å². The minimum Gasteiger partial charge on any atom is -0.468 e. The van der Waals surface area contributed by atoms with Crippen LogP contribution in [0.4, 0.5) is 4.39 Å². The van der Waals surface area contributed by atoms with Crippen LogP contribution in [0.5, 0.6) is 0 Å². The molecule has 1 atom stereocenters. The highest BCUT2D eigenvalue weighted by Gasteiger charge is 2.16. The Hall–Kier alpha value is -1.43. The zero-order valence-corrected chi connectivity index (χ0v) is 11.4. The zero-order valence-electron chi connectivity index (χ0n) is 9.78. The van der Waals surface area contributed by atoms with Crippen LogP contribution in [0.3, 0.4) is 0 Å². The molecule has 0 radical (unpaired) electrons. The smallest absolute Gasteiger partial charge is 0.321 e. The van der Waals surface area contributed by atoms with Crippen molar-refractivity contribution >= 4 is 27.8 Å². The summed E-state index contributed by atoms with van der Waals surface area (Å²) in [6.07, 6.45) is -0.0619. The van der Waals surface area contributed by atoms with E-state index in [0.29, 0.717) is 5.56 Å². The fraction of sp³-hybridized carbons (Fsp3) is 0.333. The van der Waals surface area contributed by atoms with Gasteiger partial charge in [-0.15, -0.1) is 0 Å². The maximum atomic E-state index is 13.3. The number of rotatable bonds is 5. The van der Waals surface area contributed by atoms with E-state index in [1.54, 1.807) is 18.2 Å². The van der Waals surface area contributed by atoms with Crippen molar-refractivity contribution in [3.8, 4) is 0 Å². The van der Waals surface area contributed by atoms with Gasteiger partial charge in [0, 0.05) is 6.54 Å². The van der Waals surface area contributed by atoms with Gasteiger partial charge < -0.3 is 10.1 Å². The number of hydrogen-bond donors (Lipinski definition) is 1. The number of benzene rings is 1. The number of ether oxygens (including phenoxy) is 1. The third kappa shape index (κ3) is 4.44. The summed E-state index contributed by atoms with van der Waals surface area (Å²) in [5.41, 5.74) is 0.319. The molecule has 1 rings (SSSR count). The molecule has 1 unspecified atom stereocenters. The SMILES string of the molecule is COC(=O)C(Br)CNC(=O)Cc1ccccc1F. The minimum atomic E-state index is -0.605. The van der Waals surface area contributed by atoms with Crippen molar-refractivity contribution in [2.45, 2.75) is 11.2 Å². The van der Waals surface area contributed by atoms with Gasteiger partial charge in [0.05, 0.1) is 13.5 Å². The molecule has 0 saturated heterocycles. The van der Waals surface area contributed by atoms with E-state index in [4.69, 9.17) is 0 Å². The van der Waals surface area contributed by atoms with Gasteiger partial charge in [-0.25, -0.2) is 4.39 Å². The summed E-state index contributed by atoms with van der Waals surface area (Å²) < 4.78 is 17.8. The Morgan fingerprint density at radius 3 is 2.72 bits per heavy atom. The fourth-order valence-electron chi connectivity index (χ4n) is 1.29. The highest BCUT2D eigenvalue weighted by Crippen LogP contribution is 2.07. The Kier molecular flexibility index (Phi) is 5.77. The molecule has 0 fully saturated rings. The lowest BCUT2D eigenvalue weighted by molar-refractivity contribution is -0.139. The maximum absolute atomic E-state index is 13.3. The molecule has 18 heavy (non-hydrogen) atoms. The lowest BCUT2D eigenvalue weighted by atomic mass is 10.1. The molecule has 0 spiro atoms. The summed E-state index contributed by atoms with van der Waals surface area (Å²) in [5, 5.41) is 2.52. The summed E-state index contributed by atoms with van der Waals surface area (Å²) in [4.78, 5) is 22.0. The van der Waals surface area contributed by atoms with Gasteiger partial charge in [-0.3, -0.25) is 9.59 Å². The third-order valence-corrected chi connectivity index (χ3v) is 2.94. The topological polar surface area (TPSA) is 55.4 Å². The Morgan fingerprint density at radius 1 is 1.44 bits per heavy atom. The molecule has 0 saturated carbocycles. The van der Waals surface area contributed by atoms with Crippen LogP contribution in [0.15, 0.2) is 24.3 Å². The number of halogens is 2. The van der Waals surface area contributed by atoms with Crippen molar-refractivity contribution in [3.05, 3.63) is 35.6 Å². The molecule has 0 aromatic heterocycles. The molecule has 0 aliphatic rings. The van der Waals surface area contributed by atoms with Crippen molar-refractivity contribution in [3.63, 3.8) is 0 Å². The maximum Gasteiger partial charge on any atom is 0.321 e. The number of carbonyl (C=O) groups is 2. The Bertz CT molecular complexity index is 439. The molecule has 4 nitrogen and oxygen atoms in total. The van der Waals surface area contributed by atoms with E-state index in [9.17, 15) is 14.0 Å². The van der Waals surface area contributed by atoms with Gasteiger partial charge in [-0.2, -0.15) is 0 Å². The van der Waals surface area contributed by atoms with E-state index < -0.39 is 16.6 Å². The van der Waals surface area contributed by atoms with Crippen LogP contribution in [0.2, 0.25) is 0 Å². The van der Waals surface area contributed by atoms with Crippen molar-refractivity contribution in [2.75, 3.05) is 13.7 Å². The highest BCUT2D eigenvalue weighted by molar-refractivity contribution is 9.10. The van der Waals surface area contributed by atoms with Crippen LogP contribution < -0.4 is 5.32 Å². The molecule has 0 aliphatic heterocycles. The fourth-order valence-corrected chi connectivity index (χ4v) is 1.64. The average Bonchev–Trinajstić information content (AvgIpc) is 2.37. The van der Waals surface area contributed by atoms with Crippen molar-refractivity contribution in [2.24, 2.45) is 0 Å². The van der Waals surface area contributed by atoms with Gasteiger partial charge in [0.2, 0.25) is 5.91 Å². The van der Waals surface area contributed by atoms with E-state index in [0.717, 1.165) is 0 Å². The van der Waals surface area contributed by atoms with Crippen molar-refractivity contribution in [1.82, 2.24) is 5.32 Å². The van der Waals surface area contributed by atoms with E-state index in [1.807, 2.05) is 0 Å². The predicted octanol–water partition coefficient (Wildman–Crippen LogP) is 1.42. The van der Waals surface area contributed by atoms with Crippen molar-refractivity contribution < 1.29 is 18.7 Å². The minimum absolute atomic E-state index is 0.0619. The number of esters is 1.